The van der Waals surface area contributed by atoms with Crippen molar-refractivity contribution in [2.75, 3.05) is 24.5 Å². The Morgan fingerprint density at radius 3 is 2.18 bits per heavy atom. The molecule has 1 saturated carbocycles. The Labute approximate surface area is 263 Å². The number of amides is 2. The summed E-state index contributed by atoms with van der Waals surface area (Å²) in [4.78, 5) is 48.9. The number of aliphatic carboxylic acids is 2. The van der Waals surface area contributed by atoms with Gasteiger partial charge in [0.25, 0.3) is 0 Å². The zero-order chi connectivity index (χ0) is 33.2. The number of nitrogens with one attached hydrogen (secondary N) is 1. The van der Waals surface area contributed by atoms with Crippen molar-refractivity contribution >= 4 is 41.0 Å². The number of aliphatic hydroxyl groups is 2. The highest BCUT2D eigenvalue weighted by atomic mass is 35.5. The summed E-state index contributed by atoms with van der Waals surface area (Å²) in [7, 11) is 0. The van der Waals surface area contributed by atoms with E-state index < -0.39 is 24.1 Å². The first-order chi connectivity index (χ1) is 20.5. The van der Waals surface area contributed by atoms with Crippen molar-refractivity contribution in [1.29, 1.82) is 0 Å². The Kier molecular flexibility index (Phi) is 14.3. The van der Waals surface area contributed by atoms with E-state index in [2.05, 4.69) is 5.32 Å². The van der Waals surface area contributed by atoms with Crippen molar-refractivity contribution in [3.63, 3.8) is 0 Å². The van der Waals surface area contributed by atoms with Crippen LogP contribution in [-0.2, 0) is 19.2 Å². The van der Waals surface area contributed by atoms with Crippen LogP contribution >= 0.6 is 11.6 Å². The van der Waals surface area contributed by atoms with E-state index >= 15 is 0 Å². The van der Waals surface area contributed by atoms with Crippen molar-refractivity contribution in [2.45, 2.75) is 89.6 Å². The van der Waals surface area contributed by atoms with Crippen molar-refractivity contribution < 1.29 is 39.6 Å². The van der Waals surface area contributed by atoms with Crippen LogP contribution in [0.25, 0.3) is 0 Å². The summed E-state index contributed by atoms with van der Waals surface area (Å²) >= 11 is 6.34. The smallest absolute Gasteiger partial charge is 0.328 e. The molecular formula is C31H47ClN4O8. The maximum atomic E-state index is 13.0. The van der Waals surface area contributed by atoms with Gasteiger partial charge >= 0.3 is 11.9 Å². The number of carbonyl (C=O) groups excluding carboxylic acids is 2. The second-order valence-electron chi connectivity index (χ2n) is 12.5. The number of para-hydroxylation sites is 1. The van der Waals surface area contributed by atoms with E-state index in [1.165, 1.54) is 0 Å². The highest BCUT2D eigenvalue weighted by molar-refractivity contribution is 6.33. The Morgan fingerprint density at radius 2 is 1.66 bits per heavy atom. The van der Waals surface area contributed by atoms with E-state index in [0.29, 0.717) is 48.8 Å². The van der Waals surface area contributed by atoms with Crippen LogP contribution in [0.4, 0.5) is 5.69 Å². The largest absolute Gasteiger partial charge is 0.478 e. The number of aliphatic hydroxyl groups excluding tert-OH is 2. The number of carbonyl (C=O) groups is 4. The number of nitrogens with two attached hydrogens (primary N) is 1. The first kappa shape index (κ1) is 37.2. The lowest BCUT2D eigenvalue weighted by atomic mass is 9.86. The number of hydrogen-bond acceptors (Lipinski definition) is 8. The zero-order valence-corrected chi connectivity index (χ0v) is 26.6. The maximum Gasteiger partial charge on any atom is 0.328 e. The molecule has 7 N–H and O–H groups in total. The second-order valence-corrected chi connectivity index (χ2v) is 12.9. The molecule has 1 heterocycles. The van der Waals surface area contributed by atoms with Crippen LogP contribution in [0.5, 0.6) is 0 Å². The lowest BCUT2D eigenvalue weighted by molar-refractivity contribution is -0.134. The molecule has 0 unspecified atom stereocenters. The molecule has 0 spiro atoms. The predicted octanol–water partition coefficient (Wildman–Crippen LogP) is 2.25. The predicted molar refractivity (Wildman–Crippen MR) is 167 cm³/mol. The molecule has 3 rings (SSSR count). The van der Waals surface area contributed by atoms with Crippen molar-refractivity contribution in [1.82, 2.24) is 10.2 Å². The number of piperazine rings is 1. The molecule has 2 amide bonds. The van der Waals surface area contributed by atoms with Gasteiger partial charge in [0, 0.05) is 48.8 Å². The molecule has 3 atom stereocenters. The molecule has 0 aromatic heterocycles. The summed E-state index contributed by atoms with van der Waals surface area (Å²) in [5.74, 6) is -2.98. The van der Waals surface area contributed by atoms with Gasteiger partial charge < -0.3 is 36.4 Å². The van der Waals surface area contributed by atoms with Crippen LogP contribution < -0.4 is 16.0 Å². The van der Waals surface area contributed by atoms with E-state index in [-0.39, 0.29) is 54.3 Å². The van der Waals surface area contributed by atoms with Gasteiger partial charge in [-0.1, -0.05) is 37.6 Å². The SMILES string of the molecule is CC(C)[C@H](C[C@H](O)[C@@H](N)CN1CC(=O)N(c2ccccc2Cl)CC1(C)C)C(=O)N[C@H]1CC[C@H](O)CC1.O=C(O)C=CC(=O)O. The number of hydrogen-bond donors (Lipinski definition) is 6. The summed E-state index contributed by atoms with van der Waals surface area (Å²) in [6.07, 6.45) is 3.14. The zero-order valence-electron chi connectivity index (χ0n) is 25.9. The van der Waals surface area contributed by atoms with Crippen molar-refractivity contribution in [2.24, 2.45) is 17.6 Å². The van der Waals surface area contributed by atoms with Crippen LogP contribution in [0.15, 0.2) is 36.4 Å². The van der Waals surface area contributed by atoms with E-state index in [1.54, 1.807) is 11.0 Å². The van der Waals surface area contributed by atoms with Crippen molar-refractivity contribution in [3.05, 3.63) is 41.4 Å². The third kappa shape index (κ3) is 11.5. The number of carboxylic acids is 2. The van der Waals surface area contributed by atoms with Gasteiger partial charge in [0.1, 0.15) is 0 Å². The molecule has 13 heteroatoms. The van der Waals surface area contributed by atoms with Gasteiger partial charge in [-0.05, 0) is 64.0 Å². The van der Waals surface area contributed by atoms with Gasteiger partial charge in [-0.2, -0.15) is 0 Å². The first-order valence-electron chi connectivity index (χ1n) is 14.9. The monoisotopic (exact) mass is 638 g/mol. The molecule has 44 heavy (non-hydrogen) atoms. The Hall–Kier alpha value is -3.03. The van der Waals surface area contributed by atoms with Gasteiger partial charge in [-0.15, -0.1) is 0 Å². The third-order valence-electron chi connectivity index (χ3n) is 8.15. The van der Waals surface area contributed by atoms with Crippen LogP contribution in [0.2, 0.25) is 5.02 Å². The second kappa shape index (κ2) is 16.9. The first-order valence-corrected chi connectivity index (χ1v) is 15.3. The minimum absolute atomic E-state index is 0.0400. The quantitative estimate of drug-likeness (QED) is 0.196. The number of halogens is 1. The highest BCUT2D eigenvalue weighted by Gasteiger charge is 2.40. The maximum absolute atomic E-state index is 13.0. The number of rotatable bonds is 11. The van der Waals surface area contributed by atoms with Crippen molar-refractivity contribution in [3.8, 4) is 0 Å². The molecule has 1 aliphatic carbocycles. The number of nitrogens with zero attached hydrogens (tertiary/aromatic N) is 2. The Balaban J connectivity index is 0.000000742. The van der Waals surface area contributed by atoms with Crippen LogP contribution in [-0.4, -0.2) is 98.5 Å². The molecule has 0 radical (unpaired) electrons. The molecule has 246 valence electrons. The Bertz CT molecular complexity index is 1150. The molecule has 0 bridgehead atoms. The highest BCUT2D eigenvalue weighted by Crippen LogP contribution is 2.31. The standard InChI is InChI=1S/C27H43ClN4O4.C4H4O4/c1-17(2)20(26(36)30-18-9-11-19(33)12-10-18)13-24(34)22(29)14-31-15-25(35)32(16-27(31,3)4)23-8-6-5-7-21(23)28;5-3(6)1-2-4(7)8/h5-8,17-20,22,24,33-34H,9-16,29H2,1-4H3,(H,30,36);1-2H,(H,5,6)(H,7,8)/t18-,19-,20-,22-,24-;/m0./s1. The molecule has 1 aliphatic heterocycles. The molecule has 1 aromatic carbocycles. The van der Waals surface area contributed by atoms with E-state index in [1.807, 2.05) is 50.8 Å². The summed E-state index contributed by atoms with van der Waals surface area (Å²) in [5.41, 5.74) is 6.75. The van der Waals surface area contributed by atoms with Crippen LogP contribution in [0.3, 0.4) is 0 Å². The molecular weight excluding hydrogens is 592 g/mol. The molecule has 1 saturated heterocycles. The fourth-order valence-corrected chi connectivity index (χ4v) is 5.64. The van der Waals surface area contributed by atoms with Gasteiger partial charge in [0.15, 0.2) is 0 Å². The van der Waals surface area contributed by atoms with Gasteiger partial charge in [0.2, 0.25) is 11.8 Å². The third-order valence-corrected chi connectivity index (χ3v) is 8.47. The number of anilines is 1. The van der Waals surface area contributed by atoms with Gasteiger partial charge in [-0.3, -0.25) is 14.5 Å². The van der Waals surface area contributed by atoms with Gasteiger partial charge in [-0.25, -0.2) is 9.59 Å². The lowest BCUT2D eigenvalue weighted by Crippen LogP contribution is -2.64. The lowest BCUT2D eigenvalue weighted by Gasteiger charge is -2.48. The molecule has 12 nitrogen and oxygen atoms in total. The summed E-state index contributed by atoms with van der Waals surface area (Å²) in [6, 6.07) is 6.77. The Morgan fingerprint density at radius 1 is 1.09 bits per heavy atom. The van der Waals surface area contributed by atoms with E-state index in [0.717, 1.165) is 12.8 Å². The summed E-state index contributed by atoms with van der Waals surface area (Å²) in [5, 5.41) is 40.0. The average molecular weight is 639 g/mol. The fourth-order valence-electron chi connectivity index (χ4n) is 5.40. The topological polar surface area (TPSA) is 194 Å². The minimum Gasteiger partial charge on any atom is -0.478 e. The molecule has 2 aliphatic rings. The van der Waals surface area contributed by atoms with Crippen LogP contribution in [0.1, 0.15) is 59.8 Å². The minimum atomic E-state index is -1.26. The van der Waals surface area contributed by atoms with E-state index in [9.17, 15) is 29.4 Å². The number of carboxylic acid groups (broad SMARTS) is 2. The normalized spacial score (nSPS) is 22.6. The summed E-state index contributed by atoms with van der Waals surface area (Å²) < 4.78 is 0. The van der Waals surface area contributed by atoms with E-state index in [4.69, 9.17) is 27.5 Å². The molecule has 1 aromatic rings. The fraction of sp³-hybridized carbons (Fsp3) is 0.613. The summed E-state index contributed by atoms with van der Waals surface area (Å²) in [6.45, 7) is 9.00. The number of benzene rings is 1. The average Bonchev–Trinajstić information content (AvgIpc) is 2.94. The molecule has 2 fully saturated rings. The van der Waals surface area contributed by atoms with Crippen LogP contribution in [0, 0.1) is 11.8 Å². The van der Waals surface area contributed by atoms with Gasteiger partial charge in [0.05, 0.1) is 29.5 Å².